The van der Waals surface area contributed by atoms with E-state index in [9.17, 15) is 14.0 Å². The molecule has 0 saturated carbocycles. The van der Waals surface area contributed by atoms with Crippen molar-refractivity contribution in [3.05, 3.63) is 53.4 Å². The number of carbonyl (C=O) groups excluding carboxylic acids is 2. The van der Waals surface area contributed by atoms with E-state index in [0.29, 0.717) is 17.9 Å². The van der Waals surface area contributed by atoms with E-state index in [1.54, 1.807) is 12.1 Å². The smallest absolute Gasteiger partial charge is 0.330 e. The van der Waals surface area contributed by atoms with Crippen LogP contribution in [-0.2, 0) is 19.1 Å². The quantitative estimate of drug-likeness (QED) is 0.256. The summed E-state index contributed by atoms with van der Waals surface area (Å²) in [4.78, 5) is 23.4. The summed E-state index contributed by atoms with van der Waals surface area (Å²) in [7, 11) is 0. The van der Waals surface area contributed by atoms with E-state index in [4.69, 9.17) is 9.47 Å². The van der Waals surface area contributed by atoms with Gasteiger partial charge >= 0.3 is 11.9 Å². The van der Waals surface area contributed by atoms with Crippen molar-refractivity contribution < 1.29 is 23.5 Å². The van der Waals surface area contributed by atoms with E-state index >= 15 is 0 Å². The topological polar surface area (TPSA) is 52.6 Å². The van der Waals surface area contributed by atoms with E-state index in [1.807, 2.05) is 0 Å². The van der Waals surface area contributed by atoms with Gasteiger partial charge in [-0.1, -0.05) is 37.6 Å². The zero-order valence-corrected chi connectivity index (χ0v) is 16.9. The number of carbonyl (C=O) groups is 2. The lowest BCUT2D eigenvalue weighted by Crippen LogP contribution is -2.18. The summed E-state index contributed by atoms with van der Waals surface area (Å²) < 4.78 is 22.9. The number of benzene rings is 1. The second-order valence-electron chi connectivity index (χ2n) is 7.88. The summed E-state index contributed by atoms with van der Waals surface area (Å²) in [5.41, 5.74) is 2.32. The van der Waals surface area contributed by atoms with Gasteiger partial charge in [0.05, 0.1) is 0 Å². The molecular weight excluding hydrogens is 359 g/mol. The van der Waals surface area contributed by atoms with Crippen LogP contribution in [-0.4, -0.2) is 25.2 Å². The van der Waals surface area contributed by atoms with Crippen molar-refractivity contribution in [2.45, 2.75) is 46.5 Å². The van der Waals surface area contributed by atoms with Crippen LogP contribution in [0.2, 0.25) is 0 Å². The maximum atomic E-state index is 12.8. The number of ether oxygens (including phenoxy) is 2. The highest BCUT2D eigenvalue weighted by atomic mass is 19.1. The summed E-state index contributed by atoms with van der Waals surface area (Å²) in [5.74, 6) is -0.556. The van der Waals surface area contributed by atoms with Crippen LogP contribution in [0.5, 0.6) is 0 Å². The Labute approximate surface area is 166 Å². The molecule has 1 aromatic carbocycles. The minimum absolute atomic E-state index is 0.0110. The molecule has 0 N–H and O–H groups in total. The van der Waals surface area contributed by atoms with E-state index < -0.39 is 5.97 Å². The largest absolute Gasteiger partial charge is 0.462 e. The molecule has 0 aliphatic heterocycles. The molecule has 4 nitrogen and oxygen atoms in total. The molecule has 1 unspecified atom stereocenters. The zero-order chi connectivity index (χ0) is 20.6. The van der Waals surface area contributed by atoms with Gasteiger partial charge in [0, 0.05) is 12.5 Å². The van der Waals surface area contributed by atoms with Crippen LogP contribution in [0.15, 0.2) is 42.0 Å². The van der Waals surface area contributed by atoms with Crippen LogP contribution in [0.3, 0.4) is 0 Å². The van der Waals surface area contributed by atoms with Crippen LogP contribution >= 0.6 is 0 Å². The number of halogens is 1. The Balaban J connectivity index is 1.56. The third-order valence-corrected chi connectivity index (χ3v) is 5.05. The summed E-state index contributed by atoms with van der Waals surface area (Å²) in [5, 5.41) is 0. The Hall–Kier alpha value is -2.43. The Kier molecular flexibility index (Phi) is 7.97. The fourth-order valence-corrected chi connectivity index (χ4v) is 3.59. The average molecular weight is 388 g/mol. The van der Waals surface area contributed by atoms with E-state index in [2.05, 4.69) is 26.8 Å². The molecule has 0 heterocycles. The first kappa shape index (κ1) is 21.9. The van der Waals surface area contributed by atoms with Gasteiger partial charge < -0.3 is 9.47 Å². The number of esters is 2. The van der Waals surface area contributed by atoms with E-state index in [-0.39, 0.29) is 30.4 Å². The molecule has 0 saturated heterocycles. The second-order valence-corrected chi connectivity index (χ2v) is 7.88. The molecule has 0 amide bonds. The highest BCUT2D eigenvalue weighted by Crippen LogP contribution is 2.43. The van der Waals surface area contributed by atoms with Crippen molar-refractivity contribution in [3.8, 4) is 0 Å². The molecule has 28 heavy (non-hydrogen) atoms. The van der Waals surface area contributed by atoms with Gasteiger partial charge in [-0.15, -0.1) is 0 Å². The van der Waals surface area contributed by atoms with Crippen LogP contribution in [0.4, 0.5) is 4.39 Å². The molecule has 0 radical (unpaired) electrons. The van der Waals surface area contributed by atoms with Gasteiger partial charge in [-0.05, 0) is 61.3 Å². The monoisotopic (exact) mass is 388 g/mol. The Morgan fingerprint density at radius 2 is 1.86 bits per heavy atom. The fourth-order valence-electron chi connectivity index (χ4n) is 3.59. The molecule has 1 aliphatic rings. The maximum absolute atomic E-state index is 12.8. The molecule has 1 aromatic rings. The molecule has 152 valence electrons. The molecule has 2 rings (SSSR count). The number of hydrogen-bond donors (Lipinski definition) is 0. The lowest BCUT2D eigenvalue weighted by Gasteiger charge is -2.26. The van der Waals surface area contributed by atoms with Gasteiger partial charge in [0.2, 0.25) is 0 Å². The summed E-state index contributed by atoms with van der Waals surface area (Å²) in [6.45, 7) is 6.70. The molecule has 0 spiro atoms. The van der Waals surface area contributed by atoms with Crippen molar-refractivity contribution in [2.24, 2.45) is 11.3 Å². The molecule has 1 aliphatic carbocycles. The van der Waals surface area contributed by atoms with Gasteiger partial charge in [-0.25, -0.2) is 9.18 Å². The van der Waals surface area contributed by atoms with Crippen molar-refractivity contribution >= 4 is 18.0 Å². The van der Waals surface area contributed by atoms with Gasteiger partial charge in [-0.3, -0.25) is 4.79 Å². The number of rotatable bonds is 9. The third-order valence-electron chi connectivity index (χ3n) is 5.05. The summed E-state index contributed by atoms with van der Waals surface area (Å²) >= 11 is 0. The standard InChI is InChI=1S/C23H29FO4/c1-17-15-19(23(2,3)16-17)5-4-6-21(25)27-13-14-28-22(26)12-9-18-7-10-20(24)11-8-18/h7-12,16,19H,4-6,13-15H2,1-3H3/b12-9+. The predicted molar refractivity (Wildman–Crippen MR) is 107 cm³/mol. The summed E-state index contributed by atoms with van der Waals surface area (Å²) in [6, 6.07) is 5.75. The lowest BCUT2D eigenvalue weighted by molar-refractivity contribution is -0.149. The first-order valence-corrected chi connectivity index (χ1v) is 9.70. The Morgan fingerprint density at radius 1 is 1.18 bits per heavy atom. The average Bonchev–Trinajstić information content (AvgIpc) is 2.89. The molecule has 1 atom stereocenters. The van der Waals surface area contributed by atoms with E-state index in [0.717, 1.165) is 19.3 Å². The normalized spacial score (nSPS) is 18.1. The second kappa shape index (κ2) is 10.2. The van der Waals surface area contributed by atoms with Gasteiger partial charge in [0.1, 0.15) is 19.0 Å². The van der Waals surface area contributed by atoms with Gasteiger partial charge in [0.25, 0.3) is 0 Å². The number of hydrogen-bond acceptors (Lipinski definition) is 4. The molecule has 5 heteroatoms. The molecular formula is C23H29FO4. The number of allylic oxidation sites excluding steroid dienone is 2. The minimum atomic E-state index is -0.535. The van der Waals surface area contributed by atoms with Crippen LogP contribution in [0, 0.1) is 17.2 Å². The summed E-state index contributed by atoms with van der Waals surface area (Å²) in [6.07, 6.45) is 8.40. The molecule has 0 bridgehead atoms. The SMILES string of the molecule is CC1=CC(C)(C)C(CCCC(=O)OCCOC(=O)/C=C/c2ccc(F)cc2)C1. The lowest BCUT2D eigenvalue weighted by atomic mass is 9.79. The van der Waals surface area contributed by atoms with Crippen LogP contribution < -0.4 is 0 Å². The fraction of sp³-hybridized carbons (Fsp3) is 0.478. The third kappa shape index (κ3) is 7.29. The van der Waals surface area contributed by atoms with Gasteiger partial charge in [0.15, 0.2) is 0 Å². The van der Waals surface area contributed by atoms with E-state index in [1.165, 1.54) is 29.9 Å². The minimum Gasteiger partial charge on any atom is -0.462 e. The molecule has 0 aromatic heterocycles. The first-order chi connectivity index (χ1) is 13.3. The zero-order valence-electron chi connectivity index (χ0n) is 16.9. The molecule has 0 fully saturated rings. The van der Waals surface area contributed by atoms with Crippen molar-refractivity contribution in [1.82, 2.24) is 0 Å². The van der Waals surface area contributed by atoms with Crippen molar-refractivity contribution in [3.63, 3.8) is 0 Å². The first-order valence-electron chi connectivity index (χ1n) is 9.70. The Morgan fingerprint density at radius 3 is 2.50 bits per heavy atom. The van der Waals surface area contributed by atoms with Gasteiger partial charge in [-0.2, -0.15) is 0 Å². The Bertz CT molecular complexity index is 731. The highest BCUT2D eigenvalue weighted by molar-refractivity contribution is 5.87. The van der Waals surface area contributed by atoms with Crippen LogP contribution in [0.1, 0.15) is 52.0 Å². The van der Waals surface area contributed by atoms with Crippen LogP contribution in [0.25, 0.3) is 6.08 Å². The maximum Gasteiger partial charge on any atom is 0.330 e. The predicted octanol–water partition coefficient (Wildman–Crippen LogP) is 5.09. The highest BCUT2D eigenvalue weighted by Gasteiger charge is 2.32. The van der Waals surface area contributed by atoms with Crippen molar-refractivity contribution in [2.75, 3.05) is 13.2 Å². The van der Waals surface area contributed by atoms with Crippen molar-refractivity contribution in [1.29, 1.82) is 0 Å².